The fraction of sp³-hybridized carbons (Fsp3) is 0.333. The van der Waals surface area contributed by atoms with Crippen molar-refractivity contribution in [2.24, 2.45) is 0 Å². The predicted molar refractivity (Wildman–Crippen MR) is 76.4 cm³/mol. The van der Waals surface area contributed by atoms with E-state index in [0.717, 1.165) is 11.1 Å². The Morgan fingerprint density at radius 2 is 2.00 bits per heavy atom. The molecule has 5 heteroatoms. The number of aromatic amines is 1. The summed E-state index contributed by atoms with van der Waals surface area (Å²) in [4.78, 5) is 12.1. The zero-order chi connectivity index (χ0) is 14.5. The van der Waals surface area contributed by atoms with Gasteiger partial charge in [-0.3, -0.25) is 9.89 Å². The number of carbonyl (C=O) groups excluding carboxylic acids is 1. The molecule has 0 aliphatic carbocycles. The summed E-state index contributed by atoms with van der Waals surface area (Å²) in [6.45, 7) is 5.64. The number of hydrogen-bond acceptors (Lipinski definition) is 3. The molecule has 1 aromatic heterocycles. The van der Waals surface area contributed by atoms with E-state index in [1.165, 1.54) is 0 Å². The van der Waals surface area contributed by atoms with Gasteiger partial charge in [0.25, 0.3) is 5.91 Å². The van der Waals surface area contributed by atoms with E-state index in [0.29, 0.717) is 5.75 Å². The van der Waals surface area contributed by atoms with Crippen LogP contribution in [-0.4, -0.2) is 22.2 Å². The van der Waals surface area contributed by atoms with Crippen LogP contribution in [0.1, 0.15) is 31.0 Å². The molecule has 1 aromatic carbocycles. The maximum Gasteiger partial charge on any atom is 0.261 e. The molecule has 0 radical (unpaired) electrons. The second-order valence-corrected chi connectivity index (χ2v) is 4.84. The minimum absolute atomic E-state index is 0.106. The van der Waals surface area contributed by atoms with Crippen LogP contribution in [0.4, 0.5) is 0 Å². The number of aromatic nitrogens is 2. The molecule has 0 saturated carbocycles. The number of hydrogen-bond donors (Lipinski definition) is 2. The summed E-state index contributed by atoms with van der Waals surface area (Å²) in [5, 5.41) is 9.48. The smallest absolute Gasteiger partial charge is 0.261 e. The molecule has 2 N–H and O–H groups in total. The largest absolute Gasteiger partial charge is 0.481 e. The third kappa shape index (κ3) is 3.60. The van der Waals surface area contributed by atoms with E-state index in [1.54, 1.807) is 19.3 Å². The Morgan fingerprint density at radius 3 is 2.60 bits per heavy atom. The SMILES string of the molecule is Cc1ccc(OC(C)C(=O)NC(C)c2cn[nH]c2)cc1. The van der Waals surface area contributed by atoms with Gasteiger partial charge in [0.1, 0.15) is 5.75 Å². The van der Waals surface area contributed by atoms with Gasteiger partial charge in [0.2, 0.25) is 0 Å². The molecule has 0 fully saturated rings. The number of carbonyl (C=O) groups is 1. The molecule has 0 aliphatic rings. The molecule has 5 nitrogen and oxygen atoms in total. The van der Waals surface area contributed by atoms with Crippen LogP contribution >= 0.6 is 0 Å². The average molecular weight is 273 g/mol. The Kier molecular flexibility index (Phi) is 4.40. The van der Waals surface area contributed by atoms with Crippen molar-refractivity contribution < 1.29 is 9.53 Å². The molecule has 1 heterocycles. The van der Waals surface area contributed by atoms with E-state index in [1.807, 2.05) is 38.1 Å². The Balaban J connectivity index is 1.90. The lowest BCUT2D eigenvalue weighted by molar-refractivity contribution is -0.127. The molecule has 20 heavy (non-hydrogen) atoms. The number of rotatable bonds is 5. The van der Waals surface area contributed by atoms with Crippen molar-refractivity contribution in [3.8, 4) is 5.75 Å². The number of nitrogens with one attached hydrogen (secondary N) is 2. The van der Waals surface area contributed by atoms with E-state index in [-0.39, 0.29) is 11.9 Å². The maximum absolute atomic E-state index is 12.1. The molecule has 2 unspecified atom stereocenters. The summed E-state index contributed by atoms with van der Waals surface area (Å²) < 4.78 is 5.61. The van der Waals surface area contributed by atoms with Crippen LogP contribution < -0.4 is 10.1 Å². The molecule has 2 aromatic rings. The van der Waals surface area contributed by atoms with Gasteiger partial charge in [-0.1, -0.05) is 17.7 Å². The number of nitrogens with zero attached hydrogens (tertiary/aromatic N) is 1. The quantitative estimate of drug-likeness (QED) is 0.878. The first-order valence-electron chi connectivity index (χ1n) is 6.58. The second-order valence-electron chi connectivity index (χ2n) is 4.84. The molecule has 0 saturated heterocycles. The van der Waals surface area contributed by atoms with Gasteiger partial charge in [0, 0.05) is 11.8 Å². The molecule has 1 amide bonds. The number of aryl methyl sites for hydroxylation is 1. The van der Waals surface area contributed by atoms with Gasteiger partial charge < -0.3 is 10.1 Å². The first-order chi connectivity index (χ1) is 9.56. The standard InChI is InChI=1S/C15H19N3O2/c1-10-4-6-14(7-5-10)20-12(3)15(19)18-11(2)13-8-16-17-9-13/h4-9,11-12H,1-3H3,(H,16,17)(H,18,19). The van der Waals surface area contributed by atoms with Crippen molar-refractivity contribution in [2.45, 2.75) is 32.9 Å². The Bertz CT molecular complexity index is 549. The number of benzene rings is 1. The molecular formula is C15H19N3O2. The molecular weight excluding hydrogens is 254 g/mol. The Morgan fingerprint density at radius 1 is 1.30 bits per heavy atom. The number of amides is 1. The minimum atomic E-state index is -0.549. The van der Waals surface area contributed by atoms with Crippen LogP contribution in [0.3, 0.4) is 0 Å². The second kappa shape index (κ2) is 6.23. The van der Waals surface area contributed by atoms with Gasteiger partial charge in [-0.25, -0.2) is 0 Å². The van der Waals surface area contributed by atoms with Crippen molar-refractivity contribution >= 4 is 5.91 Å². The van der Waals surface area contributed by atoms with E-state index in [2.05, 4.69) is 15.5 Å². The third-order valence-electron chi connectivity index (χ3n) is 3.08. The summed E-state index contributed by atoms with van der Waals surface area (Å²) in [6.07, 6.45) is 2.90. The third-order valence-corrected chi connectivity index (χ3v) is 3.08. The first kappa shape index (κ1) is 14.1. The van der Waals surface area contributed by atoms with Crippen LogP contribution in [-0.2, 0) is 4.79 Å². The minimum Gasteiger partial charge on any atom is -0.481 e. The zero-order valence-electron chi connectivity index (χ0n) is 11.9. The lowest BCUT2D eigenvalue weighted by Gasteiger charge is -2.18. The summed E-state index contributed by atoms with van der Waals surface area (Å²) in [6, 6.07) is 7.52. The number of H-pyrrole nitrogens is 1. The van der Waals surface area contributed by atoms with Crippen molar-refractivity contribution in [1.29, 1.82) is 0 Å². The van der Waals surface area contributed by atoms with Crippen LogP contribution in [0, 0.1) is 6.92 Å². The summed E-state index contributed by atoms with van der Waals surface area (Å²) in [5.74, 6) is 0.536. The highest BCUT2D eigenvalue weighted by Gasteiger charge is 2.18. The van der Waals surface area contributed by atoms with Gasteiger partial charge >= 0.3 is 0 Å². The van der Waals surface area contributed by atoms with E-state index in [4.69, 9.17) is 4.74 Å². The topological polar surface area (TPSA) is 67.0 Å². The Hall–Kier alpha value is -2.30. The van der Waals surface area contributed by atoms with Gasteiger partial charge in [0.05, 0.1) is 12.2 Å². The van der Waals surface area contributed by atoms with Crippen LogP contribution in [0.15, 0.2) is 36.7 Å². The van der Waals surface area contributed by atoms with E-state index in [9.17, 15) is 4.79 Å². The highest BCUT2D eigenvalue weighted by Crippen LogP contribution is 2.14. The van der Waals surface area contributed by atoms with Gasteiger partial charge in [-0.05, 0) is 32.9 Å². The van der Waals surface area contributed by atoms with Gasteiger partial charge in [0.15, 0.2) is 6.10 Å². The summed E-state index contributed by atoms with van der Waals surface area (Å²) >= 11 is 0. The molecule has 0 bridgehead atoms. The Labute approximate surface area is 118 Å². The average Bonchev–Trinajstić information content (AvgIpc) is 2.95. The van der Waals surface area contributed by atoms with E-state index >= 15 is 0 Å². The maximum atomic E-state index is 12.1. The van der Waals surface area contributed by atoms with Crippen molar-refractivity contribution in [1.82, 2.24) is 15.5 Å². The fourth-order valence-corrected chi connectivity index (χ4v) is 1.79. The van der Waals surface area contributed by atoms with Gasteiger partial charge in [-0.15, -0.1) is 0 Å². The first-order valence-corrected chi connectivity index (χ1v) is 6.58. The monoisotopic (exact) mass is 273 g/mol. The van der Waals surface area contributed by atoms with Crippen LogP contribution in [0.5, 0.6) is 5.75 Å². The van der Waals surface area contributed by atoms with Gasteiger partial charge in [-0.2, -0.15) is 5.10 Å². The summed E-state index contributed by atoms with van der Waals surface area (Å²) in [5.41, 5.74) is 2.09. The predicted octanol–water partition coefficient (Wildman–Crippen LogP) is 2.36. The van der Waals surface area contributed by atoms with Crippen LogP contribution in [0.2, 0.25) is 0 Å². The number of ether oxygens (including phenoxy) is 1. The molecule has 0 spiro atoms. The molecule has 0 aliphatic heterocycles. The fourth-order valence-electron chi connectivity index (χ4n) is 1.79. The summed E-state index contributed by atoms with van der Waals surface area (Å²) in [7, 11) is 0. The zero-order valence-corrected chi connectivity index (χ0v) is 11.9. The molecule has 106 valence electrons. The lowest BCUT2D eigenvalue weighted by atomic mass is 10.2. The van der Waals surface area contributed by atoms with Crippen molar-refractivity contribution in [3.05, 3.63) is 47.8 Å². The van der Waals surface area contributed by atoms with Crippen LogP contribution in [0.25, 0.3) is 0 Å². The normalized spacial score (nSPS) is 13.6. The van der Waals surface area contributed by atoms with Crippen molar-refractivity contribution in [3.63, 3.8) is 0 Å². The highest BCUT2D eigenvalue weighted by molar-refractivity contribution is 5.81. The lowest BCUT2D eigenvalue weighted by Crippen LogP contribution is -2.37. The van der Waals surface area contributed by atoms with Crippen molar-refractivity contribution in [2.75, 3.05) is 0 Å². The highest BCUT2D eigenvalue weighted by atomic mass is 16.5. The molecule has 2 atom stereocenters. The molecule has 2 rings (SSSR count). The van der Waals surface area contributed by atoms with E-state index < -0.39 is 6.10 Å².